The first-order valence-electron chi connectivity index (χ1n) is 11.8. The summed E-state index contributed by atoms with van der Waals surface area (Å²) in [6, 6.07) is 32.1. The molecule has 0 radical (unpaired) electrons. The van der Waals surface area contributed by atoms with Gasteiger partial charge in [-0.05, 0) is 47.5 Å². The molecule has 5 nitrogen and oxygen atoms in total. The Bertz CT molecular complexity index is 1430. The molecule has 4 aromatic rings. The molecule has 0 saturated carbocycles. The number of hydrogen-bond donors (Lipinski definition) is 1. The van der Waals surface area contributed by atoms with E-state index in [0.29, 0.717) is 28.6 Å². The Morgan fingerprint density at radius 3 is 2.19 bits per heavy atom. The highest BCUT2D eigenvalue weighted by Crippen LogP contribution is 2.29. The molecule has 1 N–H and O–H groups in total. The van der Waals surface area contributed by atoms with Crippen LogP contribution >= 0.6 is 23.4 Å². The lowest BCUT2D eigenvalue weighted by molar-refractivity contribution is 0.0957. The average Bonchev–Trinajstić information content (AvgIpc) is 2.92. The zero-order chi connectivity index (χ0) is 26.1. The lowest BCUT2D eigenvalue weighted by Gasteiger charge is -2.26. The maximum atomic E-state index is 13.8. The van der Waals surface area contributed by atoms with Crippen LogP contribution < -0.4 is 9.62 Å². The summed E-state index contributed by atoms with van der Waals surface area (Å²) < 4.78 is 28.8. The summed E-state index contributed by atoms with van der Waals surface area (Å²) in [6.45, 7) is 0.542. The molecule has 0 aliphatic rings. The second-order valence-corrected chi connectivity index (χ2v) is 11.7. The van der Waals surface area contributed by atoms with E-state index in [1.54, 1.807) is 66.4 Å². The van der Waals surface area contributed by atoms with Crippen LogP contribution in [0, 0.1) is 0 Å². The van der Waals surface area contributed by atoms with E-state index in [1.807, 2.05) is 54.6 Å². The molecule has 4 rings (SSSR count). The molecule has 0 aliphatic carbocycles. The van der Waals surface area contributed by atoms with Gasteiger partial charge in [0.15, 0.2) is 0 Å². The van der Waals surface area contributed by atoms with Gasteiger partial charge in [-0.25, -0.2) is 8.42 Å². The first-order valence-corrected chi connectivity index (χ1v) is 14.7. The molecule has 0 spiro atoms. The number of carbonyl (C=O) groups is 1. The minimum atomic E-state index is -3.93. The number of halogens is 1. The first kappa shape index (κ1) is 26.8. The van der Waals surface area contributed by atoms with E-state index in [9.17, 15) is 13.2 Å². The van der Waals surface area contributed by atoms with Gasteiger partial charge in [-0.1, -0.05) is 84.4 Å². The van der Waals surface area contributed by atoms with E-state index in [0.717, 1.165) is 16.9 Å². The van der Waals surface area contributed by atoms with Crippen LogP contribution in [0.25, 0.3) is 0 Å². The van der Waals surface area contributed by atoms with Crippen molar-refractivity contribution in [3.63, 3.8) is 0 Å². The molecule has 0 fully saturated rings. The maximum absolute atomic E-state index is 13.8. The summed E-state index contributed by atoms with van der Waals surface area (Å²) >= 11 is 7.73. The number of rotatable bonds is 11. The van der Waals surface area contributed by atoms with E-state index in [4.69, 9.17) is 11.6 Å². The highest BCUT2D eigenvalue weighted by Gasteiger charge is 2.28. The van der Waals surface area contributed by atoms with Gasteiger partial charge < -0.3 is 5.32 Å². The fourth-order valence-electron chi connectivity index (χ4n) is 3.80. The summed E-state index contributed by atoms with van der Waals surface area (Å²) in [4.78, 5) is 13.4. The van der Waals surface area contributed by atoms with Crippen LogP contribution in [0.3, 0.4) is 0 Å². The van der Waals surface area contributed by atoms with Crippen molar-refractivity contribution in [2.45, 2.75) is 17.2 Å². The minimum Gasteiger partial charge on any atom is -0.351 e. The number of benzene rings is 4. The molecule has 190 valence electrons. The summed E-state index contributed by atoms with van der Waals surface area (Å²) in [5.41, 5.74) is 2.57. The van der Waals surface area contributed by atoms with Crippen molar-refractivity contribution < 1.29 is 13.2 Å². The molecule has 0 unspecified atom stereocenters. The third-order valence-corrected chi connectivity index (χ3v) is 8.65. The third-order valence-electron chi connectivity index (χ3n) is 5.61. The van der Waals surface area contributed by atoms with E-state index in [1.165, 1.54) is 4.31 Å². The Morgan fingerprint density at radius 1 is 0.811 bits per heavy atom. The van der Waals surface area contributed by atoms with Crippen molar-refractivity contribution in [2.75, 3.05) is 16.6 Å². The number of amides is 1. The summed E-state index contributed by atoms with van der Waals surface area (Å²) in [6.07, 6.45) is 0. The number of thioether (sulfide) groups is 1. The normalized spacial score (nSPS) is 11.2. The van der Waals surface area contributed by atoms with E-state index < -0.39 is 10.0 Å². The third kappa shape index (κ3) is 7.16. The van der Waals surface area contributed by atoms with Crippen molar-refractivity contribution in [1.82, 2.24) is 5.32 Å². The number of hydrogen-bond acceptors (Lipinski definition) is 4. The predicted molar refractivity (Wildman–Crippen MR) is 153 cm³/mol. The fraction of sp³-hybridized carbons (Fsp3) is 0.138. The molecule has 0 bridgehead atoms. The number of sulfonamides is 1. The Hall–Kier alpha value is -3.26. The van der Waals surface area contributed by atoms with Crippen LogP contribution in [0.4, 0.5) is 5.69 Å². The molecule has 0 saturated heterocycles. The molecular weight excluding hydrogens is 524 g/mol. The van der Waals surface area contributed by atoms with E-state index in [2.05, 4.69) is 5.32 Å². The van der Waals surface area contributed by atoms with Gasteiger partial charge in [0.1, 0.15) is 0 Å². The SMILES string of the molecule is O=C(NCCSCc1cccc(Cl)c1)c1ccccc1N(Cc1ccccc1)S(=O)(=O)c1ccccc1. The van der Waals surface area contributed by atoms with Crippen LogP contribution in [-0.2, 0) is 22.3 Å². The van der Waals surface area contributed by atoms with Gasteiger partial charge in [0.05, 0.1) is 22.7 Å². The minimum absolute atomic E-state index is 0.0951. The van der Waals surface area contributed by atoms with Crippen LogP contribution in [-0.4, -0.2) is 26.6 Å². The molecule has 1 amide bonds. The van der Waals surface area contributed by atoms with Crippen LogP contribution in [0.1, 0.15) is 21.5 Å². The van der Waals surface area contributed by atoms with Crippen molar-refractivity contribution in [3.8, 4) is 0 Å². The van der Waals surface area contributed by atoms with Gasteiger partial charge in [0.2, 0.25) is 0 Å². The summed E-state index contributed by atoms with van der Waals surface area (Å²) in [5.74, 6) is 1.17. The molecule has 37 heavy (non-hydrogen) atoms. The Balaban J connectivity index is 1.52. The van der Waals surface area contributed by atoms with Crippen molar-refractivity contribution in [2.24, 2.45) is 0 Å². The number of nitrogens with zero attached hydrogens (tertiary/aromatic N) is 1. The zero-order valence-corrected chi connectivity index (χ0v) is 22.5. The molecule has 0 atom stereocenters. The Labute approximate surface area is 227 Å². The highest BCUT2D eigenvalue weighted by molar-refractivity contribution is 7.98. The molecular formula is C29H27ClN2O3S2. The standard InChI is InChI=1S/C29H27ClN2O3S2/c30-25-13-9-12-24(20-25)22-36-19-18-31-29(33)27-16-7-8-17-28(27)32(21-23-10-3-1-4-11-23)37(34,35)26-14-5-2-6-15-26/h1-17,20H,18-19,21-22H2,(H,31,33). The summed E-state index contributed by atoms with van der Waals surface area (Å²) in [5, 5.41) is 3.64. The van der Waals surface area contributed by atoms with Gasteiger partial charge in [-0.2, -0.15) is 11.8 Å². The number of carbonyl (C=O) groups excluding carboxylic acids is 1. The second kappa shape index (κ2) is 12.8. The number of nitrogens with one attached hydrogen (secondary N) is 1. The van der Waals surface area contributed by atoms with Crippen molar-refractivity contribution in [1.29, 1.82) is 0 Å². The lowest BCUT2D eigenvalue weighted by atomic mass is 10.1. The number of anilines is 1. The fourth-order valence-corrected chi connectivity index (χ4v) is 6.31. The second-order valence-electron chi connectivity index (χ2n) is 8.27. The largest absolute Gasteiger partial charge is 0.351 e. The maximum Gasteiger partial charge on any atom is 0.264 e. The smallest absolute Gasteiger partial charge is 0.264 e. The monoisotopic (exact) mass is 550 g/mol. The Morgan fingerprint density at radius 2 is 1.46 bits per heavy atom. The van der Waals surface area contributed by atoms with E-state index >= 15 is 0 Å². The highest BCUT2D eigenvalue weighted by atomic mass is 35.5. The van der Waals surface area contributed by atoms with Crippen LogP contribution in [0.15, 0.2) is 114 Å². The molecule has 0 heterocycles. The number of para-hydroxylation sites is 1. The van der Waals surface area contributed by atoms with Crippen molar-refractivity contribution in [3.05, 3.63) is 131 Å². The van der Waals surface area contributed by atoms with Crippen molar-refractivity contribution >= 4 is 45.0 Å². The molecule has 0 aliphatic heterocycles. The molecule has 0 aromatic heterocycles. The van der Waals surface area contributed by atoms with Gasteiger partial charge in [-0.3, -0.25) is 9.10 Å². The molecule has 4 aromatic carbocycles. The summed E-state index contributed by atoms with van der Waals surface area (Å²) in [7, 11) is -3.93. The van der Waals surface area contributed by atoms with Gasteiger partial charge in [-0.15, -0.1) is 0 Å². The molecule has 8 heteroatoms. The topological polar surface area (TPSA) is 66.5 Å². The Kier molecular flexibility index (Phi) is 9.28. The zero-order valence-electron chi connectivity index (χ0n) is 20.1. The van der Waals surface area contributed by atoms with Gasteiger partial charge >= 0.3 is 0 Å². The first-order chi connectivity index (χ1) is 17.9. The van der Waals surface area contributed by atoms with Crippen LogP contribution in [0.2, 0.25) is 5.02 Å². The van der Waals surface area contributed by atoms with E-state index in [-0.39, 0.29) is 17.3 Å². The quantitative estimate of drug-likeness (QED) is 0.219. The average molecular weight is 551 g/mol. The van der Waals surface area contributed by atoms with Crippen LogP contribution in [0.5, 0.6) is 0 Å². The van der Waals surface area contributed by atoms with Gasteiger partial charge in [0.25, 0.3) is 15.9 Å². The lowest BCUT2D eigenvalue weighted by Crippen LogP contribution is -2.34. The van der Waals surface area contributed by atoms with Gasteiger partial charge in [0, 0.05) is 23.1 Å². The predicted octanol–water partition coefficient (Wildman–Crippen LogP) is 6.40.